The number of hydrogen-bond acceptors (Lipinski definition) is 6. The Morgan fingerprint density at radius 1 is 0.931 bits per heavy atom. The lowest BCUT2D eigenvalue weighted by molar-refractivity contribution is 0.171. The van der Waals surface area contributed by atoms with Crippen LogP contribution in [0.25, 0.3) is 21.3 Å². The van der Waals surface area contributed by atoms with Crippen LogP contribution in [0.1, 0.15) is 11.1 Å². The zero-order chi connectivity index (χ0) is 19.1. The monoisotopic (exact) mass is 425 g/mol. The third-order valence-electron chi connectivity index (χ3n) is 4.99. The molecule has 7 heteroatoms. The molecular weight excluding hydrogens is 406 g/mol. The van der Waals surface area contributed by atoms with Gasteiger partial charge in [0.25, 0.3) is 0 Å². The van der Waals surface area contributed by atoms with Gasteiger partial charge in [-0.25, -0.2) is 9.97 Å². The lowest BCUT2D eigenvalue weighted by Crippen LogP contribution is -2.15. The molecule has 5 nitrogen and oxygen atoms in total. The van der Waals surface area contributed by atoms with E-state index in [-0.39, 0.29) is 12.4 Å². The molecule has 5 rings (SSSR count). The molecular formula is C22H20ClN3O2S. The number of nitrogens with zero attached hydrogens (tertiary/aromatic N) is 2. The Kier molecular flexibility index (Phi) is 5.30. The van der Waals surface area contributed by atoms with Crippen molar-refractivity contribution in [1.82, 2.24) is 9.97 Å². The number of hydrogen-bond donors (Lipinski definition) is 1. The molecule has 0 atom stereocenters. The predicted octanol–water partition coefficient (Wildman–Crippen LogP) is 5.91. The van der Waals surface area contributed by atoms with Crippen LogP contribution < -0.4 is 14.8 Å². The SMILES string of the molecule is Cc1ccc(-c2csc3ncnc(Nc4ccc5c(c4)OCCO5)c23)cc1C.Cl. The molecule has 0 saturated heterocycles. The van der Waals surface area contributed by atoms with Gasteiger partial charge in [-0.1, -0.05) is 18.2 Å². The minimum absolute atomic E-state index is 0. The second kappa shape index (κ2) is 7.89. The van der Waals surface area contributed by atoms with Crippen molar-refractivity contribution in [3.05, 3.63) is 59.2 Å². The number of aromatic nitrogens is 2. The van der Waals surface area contributed by atoms with Crippen LogP contribution in [0.15, 0.2) is 48.1 Å². The molecule has 0 radical (unpaired) electrons. The summed E-state index contributed by atoms with van der Waals surface area (Å²) in [5.74, 6) is 2.31. The molecule has 0 unspecified atom stereocenters. The molecule has 29 heavy (non-hydrogen) atoms. The van der Waals surface area contributed by atoms with Crippen LogP contribution >= 0.6 is 23.7 Å². The van der Waals surface area contributed by atoms with E-state index in [4.69, 9.17) is 9.47 Å². The van der Waals surface area contributed by atoms with Crippen molar-refractivity contribution in [3.63, 3.8) is 0 Å². The Balaban J connectivity index is 0.00000205. The minimum Gasteiger partial charge on any atom is -0.486 e. The maximum atomic E-state index is 5.70. The molecule has 2 aromatic heterocycles. The van der Waals surface area contributed by atoms with Crippen LogP contribution in [0.4, 0.5) is 11.5 Å². The van der Waals surface area contributed by atoms with Gasteiger partial charge in [0.1, 0.15) is 30.2 Å². The van der Waals surface area contributed by atoms with Gasteiger partial charge in [-0.2, -0.15) is 0 Å². The number of anilines is 2. The summed E-state index contributed by atoms with van der Waals surface area (Å²) < 4.78 is 11.3. The molecule has 0 amide bonds. The number of aryl methyl sites for hydroxylation is 2. The summed E-state index contributed by atoms with van der Waals surface area (Å²) >= 11 is 1.63. The summed E-state index contributed by atoms with van der Waals surface area (Å²) in [5.41, 5.74) is 5.78. The molecule has 1 aliphatic heterocycles. The van der Waals surface area contributed by atoms with Crippen LogP contribution in [0.2, 0.25) is 0 Å². The molecule has 0 bridgehead atoms. The van der Waals surface area contributed by atoms with Crippen molar-refractivity contribution < 1.29 is 9.47 Å². The van der Waals surface area contributed by atoms with Crippen LogP contribution in [0.5, 0.6) is 11.5 Å². The Morgan fingerprint density at radius 2 is 1.76 bits per heavy atom. The van der Waals surface area contributed by atoms with E-state index in [1.165, 1.54) is 16.7 Å². The van der Waals surface area contributed by atoms with Gasteiger partial charge in [-0.15, -0.1) is 23.7 Å². The number of rotatable bonds is 3. The molecule has 148 valence electrons. The smallest absolute Gasteiger partial charge is 0.163 e. The van der Waals surface area contributed by atoms with Gasteiger partial charge in [-0.05, 0) is 42.7 Å². The second-order valence-electron chi connectivity index (χ2n) is 6.83. The van der Waals surface area contributed by atoms with Gasteiger partial charge in [-0.3, -0.25) is 0 Å². The molecule has 0 spiro atoms. The van der Waals surface area contributed by atoms with E-state index in [0.29, 0.717) is 13.2 Å². The fraction of sp³-hybridized carbons (Fsp3) is 0.182. The largest absolute Gasteiger partial charge is 0.486 e. The van der Waals surface area contributed by atoms with Crippen molar-refractivity contribution in [2.45, 2.75) is 13.8 Å². The highest BCUT2D eigenvalue weighted by atomic mass is 35.5. The van der Waals surface area contributed by atoms with Crippen LogP contribution in [-0.4, -0.2) is 23.2 Å². The predicted molar refractivity (Wildman–Crippen MR) is 120 cm³/mol. The summed E-state index contributed by atoms with van der Waals surface area (Å²) in [4.78, 5) is 9.95. The molecule has 2 aromatic carbocycles. The number of fused-ring (bicyclic) bond motifs is 2. The van der Waals surface area contributed by atoms with E-state index in [9.17, 15) is 0 Å². The lowest BCUT2D eigenvalue weighted by atomic mass is 10.0. The fourth-order valence-corrected chi connectivity index (χ4v) is 4.27. The number of ether oxygens (including phenoxy) is 2. The Hall–Kier alpha value is -2.83. The van der Waals surface area contributed by atoms with E-state index >= 15 is 0 Å². The van der Waals surface area contributed by atoms with Gasteiger partial charge >= 0.3 is 0 Å². The second-order valence-corrected chi connectivity index (χ2v) is 7.69. The molecule has 3 heterocycles. The highest BCUT2D eigenvalue weighted by molar-refractivity contribution is 7.17. The first-order valence-electron chi connectivity index (χ1n) is 9.15. The zero-order valence-corrected chi connectivity index (χ0v) is 17.7. The van der Waals surface area contributed by atoms with Gasteiger partial charge < -0.3 is 14.8 Å². The first kappa shape index (κ1) is 19.5. The summed E-state index contributed by atoms with van der Waals surface area (Å²) in [6, 6.07) is 12.4. The first-order valence-corrected chi connectivity index (χ1v) is 10.0. The van der Waals surface area contributed by atoms with Crippen molar-refractivity contribution in [2.75, 3.05) is 18.5 Å². The minimum atomic E-state index is 0. The summed E-state index contributed by atoms with van der Waals surface area (Å²) in [6.07, 6.45) is 1.60. The highest BCUT2D eigenvalue weighted by Crippen LogP contribution is 2.39. The molecule has 1 N–H and O–H groups in total. The maximum Gasteiger partial charge on any atom is 0.163 e. The van der Waals surface area contributed by atoms with E-state index in [2.05, 4.69) is 52.7 Å². The number of halogens is 1. The van der Waals surface area contributed by atoms with Gasteiger partial charge in [0, 0.05) is 22.7 Å². The molecule has 0 saturated carbocycles. The first-order chi connectivity index (χ1) is 13.7. The number of thiophene rings is 1. The summed E-state index contributed by atoms with van der Waals surface area (Å²) in [6.45, 7) is 5.41. The average molecular weight is 426 g/mol. The van der Waals surface area contributed by atoms with Crippen LogP contribution in [0, 0.1) is 13.8 Å². The van der Waals surface area contributed by atoms with E-state index in [1.807, 2.05) is 18.2 Å². The normalized spacial score (nSPS) is 12.5. The highest BCUT2D eigenvalue weighted by Gasteiger charge is 2.16. The van der Waals surface area contributed by atoms with Gasteiger partial charge in [0.15, 0.2) is 11.5 Å². The Bertz CT molecular complexity index is 1190. The van der Waals surface area contributed by atoms with Gasteiger partial charge in [0.2, 0.25) is 0 Å². The van der Waals surface area contributed by atoms with E-state index in [1.54, 1.807) is 17.7 Å². The van der Waals surface area contributed by atoms with E-state index < -0.39 is 0 Å². The van der Waals surface area contributed by atoms with Gasteiger partial charge in [0.05, 0.1) is 5.39 Å². The summed E-state index contributed by atoms with van der Waals surface area (Å²) in [7, 11) is 0. The van der Waals surface area contributed by atoms with E-state index in [0.717, 1.165) is 38.8 Å². The molecule has 1 aliphatic rings. The molecule has 0 aliphatic carbocycles. The summed E-state index contributed by atoms with van der Waals surface area (Å²) in [5, 5.41) is 6.62. The fourth-order valence-electron chi connectivity index (χ4n) is 3.35. The lowest BCUT2D eigenvalue weighted by Gasteiger charge is -2.19. The van der Waals surface area contributed by atoms with Crippen molar-refractivity contribution in [1.29, 1.82) is 0 Å². The average Bonchev–Trinajstić information content (AvgIpc) is 3.15. The van der Waals surface area contributed by atoms with Crippen molar-refractivity contribution in [2.24, 2.45) is 0 Å². The zero-order valence-electron chi connectivity index (χ0n) is 16.1. The number of benzene rings is 2. The quantitative estimate of drug-likeness (QED) is 0.442. The van der Waals surface area contributed by atoms with Crippen LogP contribution in [0.3, 0.4) is 0 Å². The standard InChI is InChI=1S/C22H19N3O2S.ClH/c1-13-3-4-15(9-14(13)2)17-11-28-22-20(17)21(23-12-24-22)25-16-5-6-18-19(10-16)27-8-7-26-18;/h3-6,9-12H,7-8H2,1-2H3,(H,23,24,25);1H. The third-order valence-corrected chi connectivity index (χ3v) is 5.88. The maximum absolute atomic E-state index is 5.70. The Labute approximate surface area is 179 Å². The number of nitrogens with one attached hydrogen (secondary N) is 1. The molecule has 0 fully saturated rings. The third kappa shape index (κ3) is 3.61. The van der Waals surface area contributed by atoms with Crippen LogP contribution in [-0.2, 0) is 0 Å². The van der Waals surface area contributed by atoms with Crippen molar-refractivity contribution in [3.8, 4) is 22.6 Å². The Morgan fingerprint density at radius 3 is 2.59 bits per heavy atom. The topological polar surface area (TPSA) is 56.3 Å². The van der Waals surface area contributed by atoms with Crippen molar-refractivity contribution >= 4 is 45.5 Å². The molecule has 4 aromatic rings.